The predicted molar refractivity (Wildman–Crippen MR) is 241 cm³/mol. The van der Waals surface area contributed by atoms with Crippen LogP contribution in [-0.4, -0.2) is 75.1 Å². The summed E-state index contributed by atoms with van der Waals surface area (Å²) in [4.78, 5) is 52.3. The van der Waals surface area contributed by atoms with E-state index in [0.29, 0.717) is 43.1 Å². The van der Waals surface area contributed by atoms with Crippen LogP contribution in [0.4, 0.5) is 11.4 Å². The van der Waals surface area contributed by atoms with Crippen LogP contribution in [0.5, 0.6) is 11.5 Å². The number of ether oxygens (including phenoxy) is 6. The summed E-state index contributed by atoms with van der Waals surface area (Å²) < 4.78 is 36.2. The molecule has 0 aliphatic rings. The minimum atomic E-state index is -1.72. The first kappa shape index (κ1) is 48.9. The zero-order valence-corrected chi connectivity index (χ0v) is 37.5. The molecule has 0 radical (unpaired) electrons. The molecule has 2 N–H and O–H groups in total. The van der Waals surface area contributed by atoms with Crippen molar-refractivity contribution >= 4 is 35.1 Å². The summed E-state index contributed by atoms with van der Waals surface area (Å²) in [6, 6.07) is 30.0. The molecule has 4 aromatic rings. The van der Waals surface area contributed by atoms with Crippen molar-refractivity contribution in [3.05, 3.63) is 119 Å². The summed E-state index contributed by atoms with van der Waals surface area (Å²) in [5.41, 5.74) is 3.22. The lowest BCUT2D eigenvalue weighted by molar-refractivity contribution is -0.187. The molecule has 62 heavy (non-hydrogen) atoms. The molecule has 4 rings (SSSR count). The molecule has 0 aliphatic carbocycles. The van der Waals surface area contributed by atoms with Gasteiger partial charge in [0, 0.05) is 55.7 Å². The van der Waals surface area contributed by atoms with Gasteiger partial charge in [-0.05, 0) is 98.5 Å². The predicted octanol–water partition coefficient (Wildman–Crippen LogP) is 8.75. The van der Waals surface area contributed by atoms with Gasteiger partial charge in [0.2, 0.25) is 11.8 Å². The molecule has 0 aliphatic heterocycles. The third-order valence-electron chi connectivity index (χ3n) is 10.1. The zero-order valence-electron chi connectivity index (χ0n) is 37.5. The molecule has 0 spiro atoms. The van der Waals surface area contributed by atoms with E-state index in [-0.39, 0.29) is 56.5 Å². The van der Waals surface area contributed by atoms with Gasteiger partial charge in [-0.25, -0.2) is 9.59 Å². The molecule has 0 heterocycles. The van der Waals surface area contributed by atoms with Gasteiger partial charge in [-0.2, -0.15) is 0 Å². The first-order valence-corrected chi connectivity index (χ1v) is 21.7. The molecule has 0 saturated carbocycles. The van der Waals surface area contributed by atoms with Gasteiger partial charge in [-0.1, -0.05) is 76.2 Å². The maximum absolute atomic E-state index is 14.4. The van der Waals surface area contributed by atoms with E-state index >= 15 is 0 Å². The largest absolute Gasteiger partial charge is 0.493 e. The molecule has 3 atom stereocenters. The molecule has 0 saturated heterocycles. The summed E-state index contributed by atoms with van der Waals surface area (Å²) in [5.74, 6) is -1.30. The van der Waals surface area contributed by atoms with Crippen molar-refractivity contribution in [1.82, 2.24) is 0 Å². The lowest BCUT2D eigenvalue weighted by Gasteiger charge is -2.41. The van der Waals surface area contributed by atoms with Gasteiger partial charge in [0.15, 0.2) is 11.7 Å². The minimum absolute atomic E-state index is 0.0315. The molecule has 0 aromatic heterocycles. The second-order valence-corrected chi connectivity index (χ2v) is 15.4. The molecule has 2 amide bonds. The van der Waals surface area contributed by atoms with Gasteiger partial charge < -0.3 is 39.1 Å². The fourth-order valence-electron chi connectivity index (χ4n) is 6.85. The van der Waals surface area contributed by atoms with Crippen molar-refractivity contribution in [2.75, 3.05) is 50.3 Å². The standard InChI is InChI=1S/C50H64N2O10/c1-9-57-45(48(55)58-10-2)44(39-19-27-43(28-20-39)61-32-30-37-15-23-41(24-16-37)52-47(54)35(7)8)50(62-12-4,49(56)59-11-3)33-38-17-25-42(26-18-38)60-31-29-36-13-21-40(22-14-36)51-46(53)34(5)6/h13-28,34-35,44-45H,9-12,29-33H2,1-8H3,(H,51,53)(H,52,54)/t44?,45-,50+/m0/s1. The van der Waals surface area contributed by atoms with Gasteiger partial charge in [0.1, 0.15) is 11.5 Å². The van der Waals surface area contributed by atoms with Crippen molar-refractivity contribution in [3.63, 3.8) is 0 Å². The normalized spacial score (nSPS) is 13.1. The maximum Gasteiger partial charge on any atom is 0.339 e. The van der Waals surface area contributed by atoms with E-state index in [1.54, 1.807) is 39.8 Å². The number of carbonyl (C=O) groups is 4. The highest BCUT2D eigenvalue weighted by Crippen LogP contribution is 2.41. The van der Waals surface area contributed by atoms with Crippen molar-refractivity contribution in [2.24, 2.45) is 11.8 Å². The van der Waals surface area contributed by atoms with E-state index in [1.165, 1.54) is 0 Å². The van der Waals surface area contributed by atoms with Gasteiger partial charge in [-0.15, -0.1) is 0 Å². The number of benzene rings is 4. The van der Waals surface area contributed by atoms with Crippen molar-refractivity contribution in [2.45, 2.75) is 92.3 Å². The van der Waals surface area contributed by atoms with Crippen LogP contribution in [0.25, 0.3) is 0 Å². The average Bonchev–Trinajstić information content (AvgIpc) is 3.25. The average molecular weight is 853 g/mol. The van der Waals surface area contributed by atoms with Crippen LogP contribution < -0.4 is 20.1 Å². The van der Waals surface area contributed by atoms with E-state index < -0.39 is 29.6 Å². The molecule has 12 nitrogen and oxygen atoms in total. The van der Waals surface area contributed by atoms with Crippen LogP contribution in [0.15, 0.2) is 97.1 Å². The number of rotatable bonds is 25. The minimum Gasteiger partial charge on any atom is -0.493 e. The Morgan fingerprint density at radius 1 is 0.548 bits per heavy atom. The second-order valence-electron chi connectivity index (χ2n) is 15.4. The Hall–Kier alpha value is -5.72. The monoisotopic (exact) mass is 852 g/mol. The van der Waals surface area contributed by atoms with Crippen LogP contribution in [0, 0.1) is 11.8 Å². The fraction of sp³-hybridized carbons (Fsp3) is 0.440. The maximum atomic E-state index is 14.4. The van der Waals surface area contributed by atoms with Crippen LogP contribution in [-0.2, 0) is 57.4 Å². The summed E-state index contributed by atoms with van der Waals surface area (Å²) >= 11 is 0. The summed E-state index contributed by atoms with van der Waals surface area (Å²) in [7, 11) is 0. The van der Waals surface area contributed by atoms with E-state index in [1.807, 2.05) is 113 Å². The number of hydrogen-bond acceptors (Lipinski definition) is 10. The van der Waals surface area contributed by atoms with Crippen LogP contribution >= 0.6 is 0 Å². The molecule has 0 fully saturated rings. The Bertz CT molecular complexity index is 2000. The Kier molecular flexibility index (Phi) is 19.5. The number of esters is 2. The highest BCUT2D eigenvalue weighted by atomic mass is 16.6. The molecule has 12 heteroatoms. The lowest BCUT2D eigenvalue weighted by Crippen LogP contribution is -2.56. The quantitative estimate of drug-likeness (QED) is 0.0621. The highest BCUT2D eigenvalue weighted by molar-refractivity contribution is 5.92. The Balaban J connectivity index is 1.56. The Labute approximate surface area is 367 Å². The third kappa shape index (κ3) is 14.2. The van der Waals surface area contributed by atoms with Crippen molar-refractivity contribution < 1.29 is 47.6 Å². The van der Waals surface area contributed by atoms with Crippen molar-refractivity contribution in [3.8, 4) is 11.5 Å². The number of hydrogen-bond donors (Lipinski definition) is 2. The number of carbonyl (C=O) groups excluding carboxylic acids is 4. The number of amides is 2. The van der Waals surface area contributed by atoms with Gasteiger partial charge in [0.25, 0.3) is 0 Å². The van der Waals surface area contributed by atoms with E-state index in [0.717, 1.165) is 28.1 Å². The van der Waals surface area contributed by atoms with Crippen LogP contribution in [0.3, 0.4) is 0 Å². The van der Waals surface area contributed by atoms with Gasteiger partial charge in [0.05, 0.1) is 32.3 Å². The Morgan fingerprint density at radius 3 is 1.42 bits per heavy atom. The van der Waals surface area contributed by atoms with E-state index in [2.05, 4.69) is 10.6 Å². The molecular weight excluding hydrogens is 789 g/mol. The molecule has 0 bridgehead atoms. The molecule has 1 unspecified atom stereocenters. The number of nitrogens with one attached hydrogen (secondary N) is 2. The highest BCUT2D eigenvalue weighted by Gasteiger charge is 2.55. The van der Waals surface area contributed by atoms with Gasteiger partial charge in [-0.3, -0.25) is 9.59 Å². The molecule has 334 valence electrons. The van der Waals surface area contributed by atoms with E-state index in [9.17, 15) is 19.2 Å². The first-order chi connectivity index (χ1) is 29.8. The smallest absolute Gasteiger partial charge is 0.339 e. The van der Waals surface area contributed by atoms with Crippen LogP contribution in [0.2, 0.25) is 0 Å². The molecule has 4 aromatic carbocycles. The summed E-state index contributed by atoms with van der Waals surface area (Å²) in [6.07, 6.45) is 0.112. The second kappa shape index (κ2) is 24.7. The lowest BCUT2D eigenvalue weighted by atomic mass is 9.74. The summed E-state index contributed by atoms with van der Waals surface area (Å²) in [6.45, 7) is 15.7. The SMILES string of the molecule is CCOC(=O)[C@@H](OCC)C(c1ccc(OCCc2ccc(NC(=O)C(C)C)cc2)cc1)[C@@](Cc1ccc(OCCc2ccc(NC(=O)C(C)C)cc2)cc1)(OCC)C(=O)OCC. The van der Waals surface area contributed by atoms with Crippen LogP contribution in [0.1, 0.15) is 83.6 Å². The summed E-state index contributed by atoms with van der Waals surface area (Å²) in [5, 5.41) is 5.80. The van der Waals surface area contributed by atoms with E-state index in [4.69, 9.17) is 28.4 Å². The fourth-order valence-corrected chi connectivity index (χ4v) is 6.85. The molecular formula is C50H64N2O10. The zero-order chi connectivity index (χ0) is 45.1. The first-order valence-electron chi connectivity index (χ1n) is 21.7. The Morgan fingerprint density at radius 2 is 1.00 bits per heavy atom. The van der Waals surface area contributed by atoms with Crippen molar-refractivity contribution in [1.29, 1.82) is 0 Å². The number of anilines is 2. The topological polar surface area (TPSA) is 148 Å². The third-order valence-corrected chi connectivity index (χ3v) is 10.1. The van der Waals surface area contributed by atoms with Gasteiger partial charge >= 0.3 is 11.9 Å².